The maximum Gasteiger partial charge on any atom is 0.191 e. The van der Waals surface area contributed by atoms with Gasteiger partial charge in [0.25, 0.3) is 0 Å². The van der Waals surface area contributed by atoms with E-state index in [1.54, 1.807) is 13.2 Å². The van der Waals surface area contributed by atoms with Crippen LogP contribution < -0.4 is 10.6 Å². The number of rotatable bonds is 8. The predicted molar refractivity (Wildman–Crippen MR) is 101 cm³/mol. The number of aryl methyl sites for hydroxylation is 1. The molecule has 0 amide bonds. The first-order valence-corrected chi connectivity index (χ1v) is 9.09. The molecule has 1 atom stereocenters. The second kappa shape index (κ2) is 10.8. The quantitative estimate of drug-likeness (QED) is 0.270. The molecule has 0 saturated heterocycles. The molecule has 0 fully saturated rings. The summed E-state index contributed by atoms with van der Waals surface area (Å²) in [5, 5.41) is 10.5. The molecule has 0 radical (unpaired) electrons. The van der Waals surface area contributed by atoms with Crippen molar-refractivity contribution in [2.45, 2.75) is 32.4 Å². The first-order chi connectivity index (χ1) is 9.90. The van der Waals surface area contributed by atoms with E-state index in [4.69, 9.17) is 0 Å². The summed E-state index contributed by atoms with van der Waals surface area (Å²) in [6.45, 7) is 3.57. The smallest absolute Gasteiger partial charge is 0.191 e. The van der Waals surface area contributed by atoms with Gasteiger partial charge in [-0.2, -0.15) is 5.10 Å². The Kier molecular flexibility index (Phi) is 10.4. The summed E-state index contributed by atoms with van der Waals surface area (Å²) in [7, 11) is -1.22. The zero-order chi connectivity index (χ0) is 15.7. The van der Waals surface area contributed by atoms with Gasteiger partial charge in [0.05, 0.1) is 5.75 Å². The van der Waals surface area contributed by atoms with Gasteiger partial charge in [0, 0.05) is 44.8 Å². The summed E-state index contributed by atoms with van der Waals surface area (Å²) in [5.74, 6) is 0.869. The number of aromatic nitrogens is 2. The van der Waals surface area contributed by atoms with Gasteiger partial charge in [-0.15, -0.1) is 24.0 Å². The van der Waals surface area contributed by atoms with Crippen molar-refractivity contribution in [3.05, 3.63) is 18.5 Å². The first kappa shape index (κ1) is 21.2. The molecule has 2 N–H and O–H groups in total. The van der Waals surface area contributed by atoms with Crippen LogP contribution in [0.15, 0.2) is 23.5 Å². The molecule has 1 aromatic rings. The molecule has 22 heavy (non-hydrogen) atoms. The fourth-order valence-electron chi connectivity index (χ4n) is 1.77. The second-order valence-electron chi connectivity index (χ2n) is 5.09. The van der Waals surface area contributed by atoms with Crippen LogP contribution in [0.3, 0.4) is 0 Å². The minimum atomic E-state index is -2.92. The number of nitrogens with one attached hydrogen (secondary N) is 2. The molecule has 0 aliphatic rings. The van der Waals surface area contributed by atoms with Crippen LogP contribution in [0.1, 0.15) is 19.8 Å². The summed E-state index contributed by atoms with van der Waals surface area (Å²) < 4.78 is 24.1. The Labute approximate surface area is 149 Å². The molecular weight excluding hydrogens is 417 g/mol. The summed E-state index contributed by atoms with van der Waals surface area (Å²) in [5.41, 5.74) is 0. The van der Waals surface area contributed by atoms with E-state index in [-0.39, 0.29) is 35.8 Å². The van der Waals surface area contributed by atoms with E-state index in [1.807, 2.05) is 23.9 Å². The highest BCUT2D eigenvalue weighted by atomic mass is 127. The topological polar surface area (TPSA) is 88.4 Å². The normalized spacial score (nSPS) is 13.3. The minimum Gasteiger partial charge on any atom is -0.356 e. The van der Waals surface area contributed by atoms with Crippen molar-refractivity contribution in [3.63, 3.8) is 0 Å². The van der Waals surface area contributed by atoms with Gasteiger partial charge in [-0.25, -0.2) is 8.42 Å². The van der Waals surface area contributed by atoms with Gasteiger partial charge in [-0.3, -0.25) is 9.67 Å². The zero-order valence-corrected chi connectivity index (χ0v) is 16.5. The molecule has 0 aliphatic heterocycles. The van der Waals surface area contributed by atoms with E-state index < -0.39 is 9.84 Å². The summed E-state index contributed by atoms with van der Waals surface area (Å²) in [6.07, 6.45) is 6.44. The number of hydrogen-bond acceptors (Lipinski definition) is 4. The number of sulfone groups is 1. The second-order valence-corrected chi connectivity index (χ2v) is 7.35. The molecule has 0 spiro atoms. The number of nitrogens with zero attached hydrogens (tertiary/aromatic N) is 3. The number of aliphatic imine (C=N–C) groups is 1. The third-order valence-corrected chi connectivity index (χ3v) is 3.92. The van der Waals surface area contributed by atoms with E-state index in [1.165, 1.54) is 6.26 Å². The number of hydrogen-bond donors (Lipinski definition) is 2. The molecule has 1 rings (SSSR count). The van der Waals surface area contributed by atoms with E-state index in [9.17, 15) is 8.42 Å². The Morgan fingerprint density at radius 2 is 2.18 bits per heavy atom. The molecular formula is C13H26IN5O2S. The number of guanidine groups is 1. The van der Waals surface area contributed by atoms with Crippen LogP contribution in [0, 0.1) is 0 Å². The molecule has 128 valence electrons. The molecule has 0 aliphatic carbocycles. The first-order valence-electron chi connectivity index (χ1n) is 7.03. The summed E-state index contributed by atoms with van der Waals surface area (Å²) in [6, 6.07) is 1.95. The molecule has 0 bridgehead atoms. The van der Waals surface area contributed by atoms with Crippen LogP contribution in [0.25, 0.3) is 0 Å². The van der Waals surface area contributed by atoms with Gasteiger partial charge in [-0.05, 0) is 25.8 Å². The lowest BCUT2D eigenvalue weighted by molar-refractivity contribution is 0.561. The zero-order valence-electron chi connectivity index (χ0n) is 13.3. The summed E-state index contributed by atoms with van der Waals surface area (Å²) in [4.78, 5) is 4.13. The van der Waals surface area contributed by atoms with Crippen molar-refractivity contribution in [3.8, 4) is 0 Å². The fourth-order valence-corrected chi connectivity index (χ4v) is 2.55. The van der Waals surface area contributed by atoms with Crippen LogP contribution in [-0.4, -0.2) is 55.8 Å². The van der Waals surface area contributed by atoms with E-state index in [0.29, 0.717) is 12.4 Å². The third kappa shape index (κ3) is 9.98. The number of halogens is 1. The molecule has 1 heterocycles. The lowest BCUT2D eigenvalue weighted by Gasteiger charge is -2.17. The van der Waals surface area contributed by atoms with Gasteiger partial charge >= 0.3 is 0 Å². The molecule has 0 saturated carbocycles. The average Bonchev–Trinajstić information content (AvgIpc) is 2.92. The van der Waals surface area contributed by atoms with E-state index in [0.717, 1.165) is 19.5 Å². The van der Waals surface area contributed by atoms with Gasteiger partial charge < -0.3 is 10.6 Å². The minimum absolute atomic E-state index is 0. The Morgan fingerprint density at radius 3 is 2.73 bits per heavy atom. The van der Waals surface area contributed by atoms with Crippen LogP contribution in [0.4, 0.5) is 0 Å². The van der Waals surface area contributed by atoms with Gasteiger partial charge in [0.2, 0.25) is 0 Å². The van der Waals surface area contributed by atoms with Crippen LogP contribution in [0.2, 0.25) is 0 Å². The van der Waals surface area contributed by atoms with Crippen molar-refractivity contribution >= 4 is 39.8 Å². The highest BCUT2D eigenvalue weighted by Crippen LogP contribution is 1.95. The Bertz CT molecular complexity index is 531. The highest BCUT2D eigenvalue weighted by Gasteiger charge is 2.09. The predicted octanol–water partition coefficient (Wildman–Crippen LogP) is 0.879. The van der Waals surface area contributed by atoms with Gasteiger partial charge in [-0.1, -0.05) is 0 Å². The monoisotopic (exact) mass is 443 g/mol. The van der Waals surface area contributed by atoms with E-state index >= 15 is 0 Å². The van der Waals surface area contributed by atoms with Gasteiger partial charge in [0.1, 0.15) is 9.84 Å². The Morgan fingerprint density at radius 1 is 1.45 bits per heavy atom. The van der Waals surface area contributed by atoms with Crippen LogP contribution >= 0.6 is 24.0 Å². The molecule has 1 aromatic heterocycles. The van der Waals surface area contributed by atoms with Crippen molar-refractivity contribution in [2.75, 3.05) is 25.6 Å². The van der Waals surface area contributed by atoms with Gasteiger partial charge in [0.15, 0.2) is 5.96 Å². The van der Waals surface area contributed by atoms with Crippen molar-refractivity contribution in [1.29, 1.82) is 0 Å². The average molecular weight is 443 g/mol. The lowest BCUT2D eigenvalue weighted by Crippen LogP contribution is -2.43. The van der Waals surface area contributed by atoms with Crippen molar-refractivity contribution < 1.29 is 8.42 Å². The highest BCUT2D eigenvalue weighted by molar-refractivity contribution is 14.0. The molecule has 9 heteroatoms. The Balaban J connectivity index is 0.00000441. The SMILES string of the molecule is CN=C(NCCCn1cccn1)NC(C)CCS(C)(=O)=O.I. The maximum absolute atomic E-state index is 11.1. The lowest BCUT2D eigenvalue weighted by atomic mass is 10.3. The maximum atomic E-state index is 11.1. The van der Waals surface area contributed by atoms with Crippen LogP contribution in [-0.2, 0) is 16.4 Å². The summed E-state index contributed by atoms with van der Waals surface area (Å²) >= 11 is 0. The fraction of sp³-hybridized carbons (Fsp3) is 0.692. The largest absolute Gasteiger partial charge is 0.356 e. The van der Waals surface area contributed by atoms with Crippen molar-refractivity contribution in [2.24, 2.45) is 4.99 Å². The molecule has 1 unspecified atom stereocenters. The molecule has 7 nitrogen and oxygen atoms in total. The van der Waals surface area contributed by atoms with Crippen LogP contribution in [0.5, 0.6) is 0 Å². The van der Waals surface area contributed by atoms with Crippen molar-refractivity contribution in [1.82, 2.24) is 20.4 Å². The standard InChI is InChI=1S/C13H25N5O2S.HI/c1-12(6-11-21(3,19)20)17-13(14-2)15-7-4-9-18-10-5-8-16-18;/h5,8,10,12H,4,6-7,9,11H2,1-3H3,(H2,14,15,17);1H. The molecule has 0 aromatic carbocycles. The van der Waals surface area contributed by atoms with E-state index in [2.05, 4.69) is 20.7 Å². The third-order valence-electron chi connectivity index (χ3n) is 2.94. The Hall–Kier alpha value is -0.840.